The first-order chi connectivity index (χ1) is 11.3. The summed E-state index contributed by atoms with van der Waals surface area (Å²) in [7, 11) is 0. The molecule has 1 aliphatic heterocycles. The second kappa shape index (κ2) is 9.42. The van der Waals surface area contributed by atoms with Gasteiger partial charge in [-0.2, -0.15) is 0 Å². The average Bonchev–Trinajstić information content (AvgIpc) is 2.58. The molecule has 2 heteroatoms. The molecule has 3 rings (SSSR count). The molecular formula is C21H39NO. The Balaban J connectivity index is 1.30. The van der Waals surface area contributed by atoms with E-state index in [9.17, 15) is 0 Å². The molecule has 0 bridgehead atoms. The van der Waals surface area contributed by atoms with Crippen LogP contribution in [0, 0.1) is 11.8 Å². The lowest BCUT2D eigenvalue weighted by Gasteiger charge is -2.35. The van der Waals surface area contributed by atoms with E-state index < -0.39 is 0 Å². The van der Waals surface area contributed by atoms with Crippen LogP contribution in [-0.2, 0) is 4.74 Å². The zero-order chi connectivity index (χ0) is 15.9. The van der Waals surface area contributed by atoms with Gasteiger partial charge in [-0.3, -0.25) is 0 Å². The van der Waals surface area contributed by atoms with E-state index in [1.807, 2.05) is 0 Å². The highest BCUT2D eigenvalue weighted by atomic mass is 16.5. The van der Waals surface area contributed by atoms with Crippen LogP contribution >= 0.6 is 0 Å². The van der Waals surface area contributed by atoms with Crippen molar-refractivity contribution in [3.63, 3.8) is 0 Å². The van der Waals surface area contributed by atoms with Crippen molar-refractivity contribution in [2.75, 3.05) is 19.6 Å². The van der Waals surface area contributed by atoms with E-state index in [0.717, 1.165) is 18.4 Å². The zero-order valence-corrected chi connectivity index (χ0v) is 15.5. The third-order valence-corrected chi connectivity index (χ3v) is 6.57. The Labute approximate surface area is 144 Å². The van der Waals surface area contributed by atoms with Crippen molar-refractivity contribution in [2.24, 2.45) is 11.8 Å². The van der Waals surface area contributed by atoms with Crippen LogP contribution < -0.4 is 0 Å². The van der Waals surface area contributed by atoms with Crippen molar-refractivity contribution in [2.45, 2.75) is 103 Å². The van der Waals surface area contributed by atoms with Crippen LogP contribution in [0.5, 0.6) is 0 Å². The number of likely N-dealkylation sites (tertiary alicyclic amines) is 1. The minimum absolute atomic E-state index is 0.424. The van der Waals surface area contributed by atoms with Gasteiger partial charge in [0.05, 0.1) is 12.2 Å². The lowest BCUT2D eigenvalue weighted by molar-refractivity contribution is -0.0442. The Morgan fingerprint density at radius 3 is 2.09 bits per heavy atom. The molecule has 0 radical (unpaired) electrons. The monoisotopic (exact) mass is 321 g/mol. The summed E-state index contributed by atoms with van der Waals surface area (Å²) in [5, 5.41) is 0. The molecule has 0 amide bonds. The molecular weight excluding hydrogens is 282 g/mol. The summed E-state index contributed by atoms with van der Waals surface area (Å²) in [5.41, 5.74) is 0. The van der Waals surface area contributed by atoms with Gasteiger partial charge in [-0.15, -0.1) is 0 Å². The van der Waals surface area contributed by atoms with Gasteiger partial charge in [-0.1, -0.05) is 38.5 Å². The van der Waals surface area contributed by atoms with Crippen LogP contribution in [0.1, 0.15) is 90.4 Å². The molecule has 1 heterocycles. The molecule has 0 aromatic heterocycles. The van der Waals surface area contributed by atoms with Gasteiger partial charge in [0, 0.05) is 6.54 Å². The highest BCUT2D eigenvalue weighted by Gasteiger charge is 2.26. The van der Waals surface area contributed by atoms with Gasteiger partial charge in [0.15, 0.2) is 0 Å². The van der Waals surface area contributed by atoms with E-state index in [2.05, 4.69) is 11.8 Å². The summed E-state index contributed by atoms with van der Waals surface area (Å²) in [4.78, 5) is 2.61. The molecule has 2 aliphatic carbocycles. The Kier molecular flexibility index (Phi) is 7.26. The molecule has 0 N–H and O–H groups in total. The minimum Gasteiger partial charge on any atom is -0.374 e. The average molecular weight is 322 g/mol. The number of nitrogens with zero attached hydrogens (tertiary/aromatic N) is 1. The van der Waals surface area contributed by atoms with E-state index in [1.54, 1.807) is 0 Å². The molecule has 0 spiro atoms. The van der Waals surface area contributed by atoms with E-state index in [4.69, 9.17) is 4.74 Å². The van der Waals surface area contributed by atoms with Gasteiger partial charge in [0.1, 0.15) is 0 Å². The predicted octanol–water partition coefficient (Wildman–Crippen LogP) is 5.41. The summed E-state index contributed by atoms with van der Waals surface area (Å²) in [5.74, 6) is 2.07. The molecule has 0 aromatic carbocycles. The lowest BCUT2D eigenvalue weighted by Crippen LogP contribution is -2.38. The molecule has 1 unspecified atom stereocenters. The Morgan fingerprint density at radius 1 is 0.783 bits per heavy atom. The second-order valence-electron chi connectivity index (χ2n) is 8.69. The summed E-state index contributed by atoms with van der Waals surface area (Å²) < 4.78 is 6.39. The first kappa shape index (κ1) is 17.7. The lowest BCUT2D eigenvalue weighted by atomic mass is 9.77. The molecule has 23 heavy (non-hydrogen) atoms. The van der Waals surface area contributed by atoms with E-state index in [0.29, 0.717) is 12.2 Å². The van der Waals surface area contributed by atoms with Gasteiger partial charge < -0.3 is 9.64 Å². The number of rotatable bonds is 6. The number of piperidine rings is 1. The highest BCUT2D eigenvalue weighted by molar-refractivity contribution is 4.78. The number of hydrogen-bond donors (Lipinski definition) is 0. The van der Waals surface area contributed by atoms with E-state index >= 15 is 0 Å². The normalized spacial score (nSPS) is 32.7. The van der Waals surface area contributed by atoms with E-state index in [1.165, 1.54) is 96.6 Å². The van der Waals surface area contributed by atoms with Gasteiger partial charge >= 0.3 is 0 Å². The van der Waals surface area contributed by atoms with Gasteiger partial charge in [0.2, 0.25) is 0 Å². The van der Waals surface area contributed by atoms with Crippen molar-refractivity contribution in [1.82, 2.24) is 4.90 Å². The Morgan fingerprint density at radius 2 is 1.39 bits per heavy atom. The third kappa shape index (κ3) is 6.05. The summed E-state index contributed by atoms with van der Waals surface area (Å²) >= 11 is 0. The third-order valence-electron chi connectivity index (χ3n) is 6.57. The highest BCUT2D eigenvalue weighted by Crippen LogP contribution is 2.36. The van der Waals surface area contributed by atoms with Gasteiger partial charge in [-0.05, 0) is 76.8 Å². The maximum absolute atomic E-state index is 6.39. The number of hydrogen-bond acceptors (Lipinski definition) is 2. The van der Waals surface area contributed by atoms with Crippen LogP contribution in [0.25, 0.3) is 0 Å². The fraction of sp³-hybridized carbons (Fsp3) is 1.00. The maximum atomic E-state index is 6.39. The first-order valence-corrected chi connectivity index (χ1v) is 10.7. The van der Waals surface area contributed by atoms with Crippen LogP contribution in [0.4, 0.5) is 0 Å². The second-order valence-corrected chi connectivity index (χ2v) is 8.69. The van der Waals surface area contributed by atoms with Crippen LogP contribution in [0.2, 0.25) is 0 Å². The SMILES string of the molecule is CC(CN1CCCCC1)OC1CCC(CC2CCCCC2)CC1. The van der Waals surface area contributed by atoms with Crippen molar-refractivity contribution in [3.05, 3.63) is 0 Å². The van der Waals surface area contributed by atoms with Crippen molar-refractivity contribution < 1.29 is 4.74 Å². The van der Waals surface area contributed by atoms with Crippen molar-refractivity contribution in [3.8, 4) is 0 Å². The molecule has 134 valence electrons. The van der Waals surface area contributed by atoms with Gasteiger partial charge in [-0.25, -0.2) is 0 Å². The van der Waals surface area contributed by atoms with Gasteiger partial charge in [0.25, 0.3) is 0 Å². The zero-order valence-electron chi connectivity index (χ0n) is 15.5. The van der Waals surface area contributed by atoms with Crippen molar-refractivity contribution in [1.29, 1.82) is 0 Å². The van der Waals surface area contributed by atoms with Crippen molar-refractivity contribution >= 4 is 0 Å². The quantitative estimate of drug-likeness (QED) is 0.649. The van der Waals surface area contributed by atoms with Crippen LogP contribution in [0.15, 0.2) is 0 Å². The topological polar surface area (TPSA) is 12.5 Å². The Hall–Kier alpha value is -0.0800. The summed E-state index contributed by atoms with van der Waals surface area (Å²) in [6, 6.07) is 0. The van der Waals surface area contributed by atoms with Crippen LogP contribution in [-0.4, -0.2) is 36.7 Å². The summed E-state index contributed by atoms with van der Waals surface area (Å²) in [6.45, 7) is 6.04. The predicted molar refractivity (Wildman–Crippen MR) is 97.8 cm³/mol. The molecule has 0 aromatic rings. The number of ether oxygens (including phenoxy) is 1. The molecule has 1 saturated heterocycles. The van der Waals surface area contributed by atoms with E-state index in [-0.39, 0.29) is 0 Å². The molecule has 3 fully saturated rings. The fourth-order valence-corrected chi connectivity index (χ4v) is 5.28. The summed E-state index contributed by atoms with van der Waals surface area (Å²) in [6.07, 6.45) is 19.7. The largest absolute Gasteiger partial charge is 0.374 e. The molecule has 3 aliphatic rings. The molecule has 1 atom stereocenters. The smallest absolute Gasteiger partial charge is 0.0677 e. The Bertz CT molecular complexity index is 312. The van der Waals surface area contributed by atoms with Crippen LogP contribution in [0.3, 0.4) is 0 Å². The molecule has 2 saturated carbocycles. The first-order valence-electron chi connectivity index (χ1n) is 10.7. The fourth-order valence-electron chi connectivity index (χ4n) is 5.28. The minimum atomic E-state index is 0.424. The standard InChI is InChI=1S/C21H39NO/c1-18(17-22-14-6-3-7-15-22)23-21-12-10-20(11-13-21)16-19-8-4-2-5-9-19/h18-21H,2-17H2,1H3. The maximum Gasteiger partial charge on any atom is 0.0677 e. The molecule has 2 nitrogen and oxygen atoms in total.